The second kappa shape index (κ2) is 11.4. The van der Waals surface area contributed by atoms with Crippen molar-refractivity contribution in [2.45, 2.75) is 0 Å². The van der Waals surface area contributed by atoms with E-state index in [1.165, 1.54) is 18.5 Å². The summed E-state index contributed by atoms with van der Waals surface area (Å²) in [6.45, 7) is -0.320. The largest absolute Gasteiger partial charge is 0.323 e. The van der Waals surface area contributed by atoms with Crippen molar-refractivity contribution in [3.8, 4) is 11.1 Å². The number of nitrogens with one attached hydrogen (secondary N) is 2. The number of anilines is 2. The average Bonchev–Trinajstić information content (AvgIpc) is 2.71. The molecule has 3 aromatic rings. The molecule has 0 radical (unpaired) electrons. The predicted molar refractivity (Wildman–Crippen MR) is 116 cm³/mol. The Bertz CT molecular complexity index is 1130. The lowest BCUT2D eigenvalue weighted by molar-refractivity contribution is -0.114. The molecule has 0 atom stereocenters. The Balaban J connectivity index is 0.00000256. The lowest BCUT2D eigenvalue weighted by atomic mass is 9.99. The zero-order valence-corrected chi connectivity index (χ0v) is 17.6. The Kier molecular flexibility index (Phi) is 9.57. The lowest BCUT2D eigenvalue weighted by Gasteiger charge is -2.14. The first-order chi connectivity index (χ1) is 14.3. The highest BCUT2D eigenvalue weighted by molar-refractivity contribution is 6.08. The number of nitrogens with zero attached hydrogens (tertiary/aromatic N) is 1. The molecule has 0 unspecified atom stereocenters. The van der Waals surface area contributed by atoms with E-state index in [0.717, 1.165) is 30.3 Å². The summed E-state index contributed by atoms with van der Waals surface area (Å²) in [7, 11) is 0. The third-order valence-electron chi connectivity index (χ3n) is 4.08. The molecule has 6 nitrogen and oxygen atoms in total. The van der Waals surface area contributed by atoms with Crippen LogP contribution in [-0.2, 0) is 4.79 Å². The number of carbonyl (C=O) groups is 2. The molecule has 0 aliphatic heterocycles. The van der Waals surface area contributed by atoms with Crippen LogP contribution in [0.15, 0.2) is 48.8 Å². The van der Waals surface area contributed by atoms with Crippen LogP contribution in [0.3, 0.4) is 0 Å². The predicted octanol–water partition coefficient (Wildman–Crippen LogP) is 4.30. The number of hydrogen-bond acceptors (Lipinski definition) is 4. The van der Waals surface area contributed by atoms with Crippen LogP contribution in [0.5, 0.6) is 0 Å². The minimum Gasteiger partial charge on any atom is -0.323 e. The summed E-state index contributed by atoms with van der Waals surface area (Å²) in [6, 6.07) is 5.64. The van der Waals surface area contributed by atoms with Crippen molar-refractivity contribution < 1.29 is 27.2 Å². The summed E-state index contributed by atoms with van der Waals surface area (Å²) < 4.78 is 57.3. The van der Waals surface area contributed by atoms with Crippen LogP contribution < -0.4 is 16.4 Å². The molecule has 0 spiro atoms. The van der Waals surface area contributed by atoms with Crippen LogP contribution in [0.1, 0.15) is 10.4 Å². The molecule has 0 aliphatic carbocycles. The van der Waals surface area contributed by atoms with Crippen LogP contribution >= 0.6 is 24.8 Å². The summed E-state index contributed by atoms with van der Waals surface area (Å²) >= 11 is 0. The molecule has 2 aromatic carbocycles. The van der Waals surface area contributed by atoms with Gasteiger partial charge in [-0.1, -0.05) is 6.07 Å². The third kappa shape index (κ3) is 5.52. The van der Waals surface area contributed by atoms with Crippen LogP contribution in [0, 0.1) is 23.3 Å². The van der Waals surface area contributed by atoms with Crippen molar-refractivity contribution in [3.63, 3.8) is 0 Å². The highest BCUT2D eigenvalue weighted by Gasteiger charge is 2.25. The van der Waals surface area contributed by atoms with Crippen molar-refractivity contribution in [1.82, 2.24) is 4.98 Å². The summed E-state index contributed by atoms with van der Waals surface area (Å²) in [5, 5.41) is 4.74. The summed E-state index contributed by atoms with van der Waals surface area (Å²) in [4.78, 5) is 27.9. The smallest absolute Gasteiger partial charge is 0.258 e. The fourth-order valence-corrected chi connectivity index (χ4v) is 2.69. The van der Waals surface area contributed by atoms with Gasteiger partial charge in [0.05, 0.1) is 40.8 Å². The third-order valence-corrected chi connectivity index (χ3v) is 4.08. The molecule has 0 saturated heterocycles. The molecule has 32 heavy (non-hydrogen) atoms. The number of hydrogen-bond donors (Lipinski definition) is 3. The standard InChI is InChI=1S/C20H14F4N4O2.2ClH/c21-11-2-1-3-12(22)17(11)18-13(23)5-4-10(19(18)24)20(30)28-15-9-26-7-6-14(15)27-16(29)8-25;;/h1-7,9H,8,25H2,(H,28,30)(H,26,27,29);2*1H. The number of pyridine rings is 1. The molecular weight excluding hydrogens is 475 g/mol. The van der Waals surface area contributed by atoms with Crippen molar-refractivity contribution in [2.75, 3.05) is 17.2 Å². The fraction of sp³-hybridized carbons (Fsp3) is 0.0500. The normalized spacial score (nSPS) is 9.91. The maximum absolute atomic E-state index is 15.0. The van der Waals surface area contributed by atoms with E-state index in [2.05, 4.69) is 15.6 Å². The molecule has 0 saturated carbocycles. The van der Waals surface area contributed by atoms with Gasteiger partial charge in [0.1, 0.15) is 23.3 Å². The van der Waals surface area contributed by atoms with E-state index < -0.39 is 51.8 Å². The highest BCUT2D eigenvalue weighted by atomic mass is 35.5. The van der Waals surface area contributed by atoms with Crippen molar-refractivity contribution >= 4 is 48.0 Å². The number of rotatable bonds is 5. The number of benzene rings is 2. The van der Waals surface area contributed by atoms with Crippen molar-refractivity contribution in [1.29, 1.82) is 0 Å². The molecule has 3 rings (SSSR count). The van der Waals surface area contributed by atoms with Crippen LogP contribution in [-0.4, -0.2) is 23.3 Å². The topological polar surface area (TPSA) is 97.1 Å². The molecule has 2 amide bonds. The Morgan fingerprint density at radius 2 is 1.47 bits per heavy atom. The van der Waals surface area contributed by atoms with Crippen molar-refractivity contribution in [2.24, 2.45) is 5.73 Å². The van der Waals surface area contributed by atoms with Gasteiger partial charge in [0.25, 0.3) is 5.91 Å². The molecule has 1 heterocycles. The first-order valence-electron chi connectivity index (χ1n) is 8.51. The van der Waals surface area contributed by atoms with E-state index >= 15 is 0 Å². The average molecular weight is 491 g/mol. The SMILES string of the molecule is Cl.Cl.NCC(=O)Nc1ccncc1NC(=O)c1ccc(F)c(-c2c(F)cccc2F)c1F. The molecule has 0 bridgehead atoms. The molecule has 170 valence electrons. The zero-order chi connectivity index (χ0) is 21.8. The monoisotopic (exact) mass is 490 g/mol. The maximum atomic E-state index is 15.0. The molecule has 0 aliphatic rings. The van der Waals surface area contributed by atoms with E-state index in [1.54, 1.807) is 0 Å². The lowest BCUT2D eigenvalue weighted by Crippen LogP contribution is -2.23. The number of aromatic nitrogens is 1. The first-order valence-corrected chi connectivity index (χ1v) is 8.51. The van der Waals surface area contributed by atoms with Gasteiger partial charge in [-0.2, -0.15) is 0 Å². The van der Waals surface area contributed by atoms with Gasteiger partial charge in [-0.25, -0.2) is 17.6 Å². The van der Waals surface area contributed by atoms with Crippen molar-refractivity contribution in [3.05, 3.63) is 77.6 Å². The molecular formula is C20H16Cl2F4N4O2. The highest BCUT2D eigenvalue weighted by Crippen LogP contribution is 2.33. The maximum Gasteiger partial charge on any atom is 0.258 e. The summed E-state index contributed by atoms with van der Waals surface area (Å²) in [5.41, 5.74) is 2.76. The quantitative estimate of drug-likeness (QED) is 0.464. The van der Waals surface area contributed by atoms with E-state index in [4.69, 9.17) is 5.73 Å². The Morgan fingerprint density at radius 1 is 0.844 bits per heavy atom. The van der Waals surface area contributed by atoms with E-state index in [1.807, 2.05) is 0 Å². The second-order valence-corrected chi connectivity index (χ2v) is 6.01. The number of amides is 2. The van der Waals surface area contributed by atoms with Crippen LogP contribution in [0.25, 0.3) is 11.1 Å². The van der Waals surface area contributed by atoms with Gasteiger partial charge in [-0.3, -0.25) is 14.6 Å². The molecule has 4 N–H and O–H groups in total. The van der Waals surface area contributed by atoms with Gasteiger partial charge >= 0.3 is 0 Å². The van der Waals surface area contributed by atoms with E-state index in [0.29, 0.717) is 0 Å². The Hall–Kier alpha value is -3.21. The number of carbonyl (C=O) groups excluding carboxylic acids is 2. The number of halogens is 6. The fourth-order valence-electron chi connectivity index (χ4n) is 2.69. The van der Waals surface area contributed by atoms with Crippen LogP contribution in [0.2, 0.25) is 0 Å². The zero-order valence-electron chi connectivity index (χ0n) is 16.0. The number of nitrogens with two attached hydrogens (primary N) is 1. The minimum absolute atomic E-state index is 0. The first kappa shape index (κ1) is 26.8. The van der Waals surface area contributed by atoms with Gasteiger partial charge in [0.15, 0.2) is 0 Å². The molecule has 0 fully saturated rings. The van der Waals surface area contributed by atoms with E-state index in [-0.39, 0.29) is 42.7 Å². The van der Waals surface area contributed by atoms with Gasteiger partial charge in [0, 0.05) is 6.20 Å². The Labute approximate surface area is 192 Å². The van der Waals surface area contributed by atoms with Gasteiger partial charge in [-0.05, 0) is 30.3 Å². The Morgan fingerprint density at radius 3 is 2.09 bits per heavy atom. The van der Waals surface area contributed by atoms with E-state index in [9.17, 15) is 27.2 Å². The molecule has 1 aromatic heterocycles. The minimum atomic E-state index is -1.45. The summed E-state index contributed by atoms with van der Waals surface area (Å²) in [6.07, 6.45) is 2.52. The van der Waals surface area contributed by atoms with Gasteiger partial charge in [0.2, 0.25) is 5.91 Å². The van der Waals surface area contributed by atoms with Crippen LogP contribution in [0.4, 0.5) is 28.9 Å². The summed E-state index contributed by atoms with van der Waals surface area (Å²) in [5.74, 6) is -6.68. The molecule has 12 heteroatoms. The van der Waals surface area contributed by atoms with Gasteiger partial charge < -0.3 is 16.4 Å². The van der Waals surface area contributed by atoms with Gasteiger partial charge in [-0.15, -0.1) is 24.8 Å². The second-order valence-electron chi connectivity index (χ2n) is 6.01.